The van der Waals surface area contributed by atoms with Gasteiger partial charge in [0.1, 0.15) is 0 Å². The van der Waals surface area contributed by atoms with Crippen molar-refractivity contribution in [3.05, 3.63) is 30.1 Å². The van der Waals surface area contributed by atoms with Crippen molar-refractivity contribution in [1.82, 2.24) is 9.29 Å². The number of sulfonamides is 1. The number of hydrogen-bond donors (Lipinski definition) is 1. The average molecular weight is 271 g/mol. The Morgan fingerprint density at radius 3 is 2.44 bits per heavy atom. The van der Waals surface area contributed by atoms with Crippen molar-refractivity contribution in [2.24, 2.45) is 5.73 Å². The molecule has 0 bridgehead atoms. The van der Waals surface area contributed by atoms with Gasteiger partial charge in [-0.05, 0) is 24.1 Å². The van der Waals surface area contributed by atoms with Crippen molar-refractivity contribution in [3.63, 3.8) is 0 Å². The number of nitrogens with zero attached hydrogens (tertiary/aromatic N) is 2. The molecule has 1 heterocycles. The van der Waals surface area contributed by atoms with E-state index in [9.17, 15) is 8.42 Å². The van der Waals surface area contributed by atoms with E-state index < -0.39 is 16.1 Å². The van der Waals surface area contributed by atoms with Gasteiger partial charge in [-0.15, -0.1) is 0 Å². The molecule has 102 valence electrons. The first-order chi connectivity index (χ1) is 8.51. The minimum Gasteiger partial charge on any atom is -0.323 e. The first-order valence-electron chi connectivity index (χ1n) is 6.14. The Labute approximate surface area is 109 Å². The van der Waals surface area contributed by atoms with Gasteiger partial charge in [0.2, 0.25) is 10.0 Å². The molecule has 0 spiro atoms. The van der Waals surface area contributed by atoms with Gasteiger partial charge in [0.05, 0.1) is 5.75 Å². The first kappa shape index (κ1) is 15.1. The molecule has 2 N–H and O–H groups in total. The van der Waals surface area contributed by atoms with E-state index in [1.54, 1.807) is 24.5 Å². The fourth-order valence-electron chi connectivity index (χ4n) is 1.78. The molecule has 0 saturated heterocycles. The van der Waals surface area contributed by atoms with Crippen LogP contribution < -0.4 is 5.73 Å². The van der Waals surface area contributed by atoms with Crippen LogP contribution in [-0.2, 0) is 10.0 Å². The molecule has 0 fully saturated rings. The third-order valence-corrected chi connectivity index (χ3v) is 4.75. The fourth-order valence-corrected chi connectivity index (χ4v) is 3.49. The summed E-state index contributed by atoms with van der Waals surface area (Å²) in [5.74, 6) is -0.0646. The van der Waals surface area contributed by atoms with E-state index in [0.717, 1.165) is 12.0 Å². The summed E-state index contributed by atoms with van der Waals surface area (Å²) in [6.07, 6.45) is 4.04. The minimum absolute atomic E-state index is 0.0646. The molecule has 0 amide bonds. The second kappa shape index (κ2) is 6.82. The fraction of sp³-hybridized carbons (Fsp3) is 0.583. The van der Waals surface area contributed by atoms with E-state index >= 15 is 0 Å². The highest BCUT2D eigenvalue weighted by atomic mass is 32.2. The molecular weight excluding hydrogens is 250 g/mol. The molecule has 0 aliphatic rings. The van der Waals surface area contributed by atoms with E-state index in [0.29, 0.717) is 13.1 Å². The highest BCUT2D eigenvalue weighted by Crippen LogP contribution is 2.14. The highest BCUT2D eigenvalue weighted by Gasteiger charge is 2.23. The van der Waals surface area contributed by atoms with Crippen LogP contribution in [0.1, 0.15) is 31.9 Å². The molecule has 18 heavy (non-hydrogen) atoms. The molecule has 0 saturated carbocycles. The Balaban J connectivity index is 2.76. The maximum absolute atomic E-state index is 12.2. The minimum atomic E-state index is -3.29. The standard InChI is InChI=1S/C12H21N3O2S/c1-3-9-15(4-2)18(16,17)10-12(13)11-5-7-14-8-6-11/h5-8,12H,3-4,9-10,13H2,1-2H3. The van der Waals surface area contributed by atoms with Crippen LogP contribution in [0.2, 0.25) is 0 Å². The Kier molecular flexibility index (Phi) is 5.71. The first-order valence-corrected chi connectivity index (χ1v) is 7.75. The van der Waals surface area contributed by atoms with Crippen molar-refractivity contribution in [1.29, 1.82) is 0 Å². The molecule has 0 aliphatic heterocycles. The van der Waals surface area contributed by atoms with E-state index in [2.05, 4.69) is 4.98 Å². The zero-order valence-electron chi connectivity index (χ0n) is 10.9. The lowest BCUT2D eigenvalue weighted by Crippen LogP contribution is -2.36. The maximum atomic E-state index is 12.2. The predicted octanol–water partition coefficient (Wildman–Crippen LogP) is 1.14. The van der Waals surface area contributed by atoms with Crippen LogP contribution in [0.15, 0.2) is 24.5 Å². The van der Waals surface area contributed by atoms with Crippen molar-refractivity contribution >= 4 is 10.0 Å². The summed E-state index contributed by atoms with van der Waals surface area (Å²) in [5.41, 5.74) is 6.73. The van der Waals surface area contributed by atoms with E-state index in [-0.39, 0.29) is 5.75 Å². The third kappa shape index (κ3) is 4.04. The van der Waals surface area contributed by atoms with E-state index in [4.69, 9.17) is 5.73 Å². The molecule has 6 heteroatoms. The van der Waals surface area contributed by atoms with Gasteiger partial charge in [0.25, 0.3) is 0 Å². The maximum Gasteiger partial charge on any atom is 0.215 e. The number of pyridine rings is 1. The highest BCUT2D eigenvalue weighted by molar-refractivity contribution is 7.89. The van der Waals surface area contributed by atoms with Crippen molar-refractivity contribution < 1.29 is 8.42 Å². The van der Waals surface area contributed by atoms with Crippen molar-refractivity contribution in [2.45, 2.75) is 26.3 Å². The van der Waals surface area contributed by atoms with Crippen LogP contribution in [0.25, 0.3) is 0 Å². The zero-order valence-corrected chi connectivity index (χ0v) is 11.7. The van der Waals surface area contributed by atoms with Gasteiger partial charge in [0.15, 0.2) is 0 Å². The van der Waals surface area contributed by atoms with Gasteiger partial charge in [-0.3, -0.25) is 4.98 Å². The summed E-state index contributed by atoms with van der Waals surface area (Å²) in [7, 11) is -3.29. The second-order valence-electron chi connectivity index (χ2n) is 4.16. The largest absolute Gasteiger partial charge is 0.323 e. The van der Waals surface area contributed by atoms with Crippen LogP contribution in [-0.4, -0.2) is 36.5 Å². The van der Waals surface area contributed by atoms with Gasteiger partial charge in [-0.1, -0.05) is 13.8 Å². The molecule has 1 atom stereocenters. The van der Waals surface area contributed by atoms with Crippen molar-refractivity contribution in [3.8, 4) is 0 Å². The quantitative estimate of drug-likeness (QED) is 0.807. The summed E-state index contributed by atoms with van der Waals surface area (Å²) >= 11 is 0. The van der Waals surface area contributed by atoms with Crippen molar-refractivity contribution in [2.75, 3.05) is 18.8 Å². The number of aromatic nitrogens is 1. The van der Waals surface area contributed by atoms with Gasteiger partial charge >= 0.3 is 0 Å². The zero-order chi connectivity index (χ0) is 13.6. The molecule has 5 nitrogen and oxygen atoms in total. The van der Waals surface area contributed by atoms with Gasteiger partial charge in [-0.2, -0.15) is 0 Å². The van der Waals surface area contributed by atoms with Crippen LogP contribution >= 0.6 is 0 Å². The average Bonchev–Trinajstić information content (AvgIpc) is 2.36. The Hall–Kier alpha value is -0.980. The van der Waals surface area contributed by atoms with Gasteiger partial charge in [-0.25, -0.2) is 12.7 Å². The molecular formula is C12H21N3O2S. The van der Waals surface area contributed by atoms with Crippen LogP contribution in [0, 0.1) is 0 Å². The van der Waals surface area contributed by atoms with E-state index in [1.807, 2.05) is 13.8 Å². The topological polar surface area (TPSA) is 76.3 Å². The molecule has 0 aromatic carbocycles. The Morgan fingerprint density at radius 1 is 1.33 bits per heavy atom. The molecule has 1 aromatic heterocycles. The van der Waals surface area contributed by atoms with Crippen LogP contribution in [0.4, 0.5) is 0 Å². The number of hydrogen-bond acceptors (Lipinski definition) is 4. The monoisotopic (exact) mass is 271 g/mol. The summed E-state index contributed by atoms with van der Waals surface area (Å²) in [6, 6.07) is 2.98. The van der Waals surface area contributed by atoms with E-state index in [1.165, 1.54) is 4.31 Å². The molecule has 1 rings (SSSR count). The SMILES string of the molecule is CCCN(CC)S(=O)(=O)CC(N)c1ccncc1. The third-order valence-electron chi connectivity index (χ3n) is 2.74. The lowest BCUT2D eigenvalue weighted by molar-refractivity contribution is 0.424. The smallest absolute Gasteiger partial charge is 0.215 e. The molecule has 1 unspecified atom stereocenters. The summed E-state index contributed by atoms with van der Waals surface area (Å²) in [5, 5.41) is 0. The second-order valence-corrected chi connectivity index (χ2v) is 6.17. The number of nitrogens with two attached hydrogens (primary N) is 1. The van der Waals surface area contributed by atoms with Gasteiger partial charge in [0, 0.05) is 31.5 Å². The molecule has 1 aromatic rings. The van der Waals surface area contributed by atoms with Gasteiger partial charge < -0.3 is 5.73 Å². The Bertz CT molecular complexity index is 448. The summed E-state index contributed by atoms with van der Waals surface area (Å²) in [6.45, 7) is 4.83. The number of rotatable bonds is 7. The summed E-state index contributed by atoms with van der Waals surface area (Å²) in [4.78, 5) is 3.89. The normalized spacial score (nSPS) is 13.8. The van der Waals surface area contributed by atoms with Crippen LogP contribution in [0.3, 0.4) is 0 Å². The summed E-state index contributed by atoms with van der Waals surface area (Å²) < 4.78 is 25.8. The lowest BCUT2D eigenvalue weighted by atomic mass is 10.1. The van der Waals surface area contributed by atoms with Crippen LogP contribution in [0.5, 0.6) is 0 Å². The predicted molar refractivity (Wildman–Crippen MR) is 72.5 cm³/mol. The Morgan fingerprint density at radius 2 is 1.94 bits per heavy atom. The lowest BCUT2D eigenvalue weighted by Gasteiger charge is -2.22. The molecule has 0 aliphatic carbocycles. The molecule has 0 radical (unpaired) electrons.